The molecule has 0 aromatic carbocycles. The molecule has 10 nitrogen and oxygen atoms in total. The van der Waals surface area contributed by atoms with E-state index in [1.807, 2.05) is 36.7 Å². The molecule has 1 saturated heterocycles. The first-order chi connectivity index (χ1) is 14.1. The Balaban J connectivity index is 1.41. The smallest absolute Gasteiger partial charge is 0.254 e. The van der Waals surface area contributed by atoms with E-state index in [1.165, 1.54) is 0 Å². The molecule has 5 rings (SSSR count). The van der Waals surface area contributed by atoms with Gasteiger partial charge in [-0.25, -0.2) is 19.6 Å². The number of nitrogens with zero attached hydrogens (tertiary/aromatic N) is 10. The van der Waals surface area contributed by atoms with Gasteiger partial charge in [0.15, 0.2) is 5.82 Å². The molecule has 1 aliphatic heterocycles. The van der Waals surface area contributed by atoms with Crippen LogP contribution in [0.4, 0.5) is 11.6 Å². The topological polar surface area (TPSA) is 93.2 Å². The fraction of sp³-hybridized carbons (Fsp3) is 0.368. The summed E-state index contributed by atoms with van der Waals surface area (Å²) < 4.78 is 3.60. The first-order valence-electron chi connectivity index (χ1n) is 9.63. The van der Waals surface area contributed by atoms with E-state index < -0.39 is 0 Å². The zero-order valence-corrected chi connectivity index (χ0v) is 16.7. The Labute approximate surface area is 167 Å². The highest BCUT2D eigenvalue weighted by molar-refractivity contribution is 5.55. The van der Waals surface area contributed by atoms with Crippen molar-refractivity contribution in [3.05, 3.63) is 47.9 Å². The van der Waals surface area contributed by atoms with Gasteiger partial charge in [-0.3, -0.25) is 0 Å². The molecule has 4 aromatic rings. The Kier molecular flexibility index (Phi) is 4.11. The predicted octanol–water partition coefficient (Wildman–Crippen LogP) is 1.35. The van der Waals surface area contributed by atoms with Gasteiger partial charge in [0, 0.05) is 55.9 Å². The minimum absolute atomic E-state index is 0.640. The summed E-state index contributed by atoms with van der Waals surface area (Å²) in [7, 11) is 0. The molecule has 0 spiro atoms. The van der Waals surface area contributed by atoms with Crippen LogP contribution in [-0.4, -0.2) is 65.5 Å². The van der Waals surface area contributed by atoms with Crippen molar-refractivity contribution in [1.82, 2.24) is 39.3 Å². The van der Waals surface area contributed by atoms with Gasteiger partial charge in [-0.15, -0.1) is 0 Å². The van der Waals surface area contributed by atoms with Crippen LogP contribution in [0, 0.1) is 20.8 Å². The van der Waals surface area contributed by atoms with Crippen LogP contribution in [-0.2, 0) is 0 Å². The van der Waals surface area contributed by atoms with Gasteiger partial charge in [0.2, 0.25) is 0 Å². The van der Waals surface area contributed by atoms with Crippen LogP contribution in [0.1, 0.15) is 17.1 Å². The number of hydrogen-bond acceptors (Lipinski definition) is 8. The molecule has 0 bridgehead atoms. The molecule has 5 heterocycles. The quantitative estimate of drug-likeness (QED) is 0.518. The van der Waals surface area contributed by atoms with Crippen LogP contribution in [0.2, 0.25) is 0 Å². The average molecular weight is 390 g/mol. The van der Waals surface area contributed by atoms with Gasteiger partial charge in [-0.05, 0) is 26.8 Å². The third-order valence-electron chi connectivity index (χ3n) is 5.33. The van der Waals surface area contributed by atoms with E-state index in [9.17, 15) is 0 Å². The molecule has 1 aliphatic rings. The fourth-order valence-electron chi connectivity index (χ4n) is 3.75. The molecule has 0 radical (unpaired) electrons. The normalized spacial score (nSPS) is 14.7. The zero-order valence-electron chi connectivity index (χ0n) is 16.7. The predicted molar refractivity (Wildman–Crippen MR) is 109 cm³/mol. The summed E-state index contributed by atoms with van der Waals surface area (Å²) in [6.45, 7) is 9.45. The molecule has 0 atom stereocenters. The van der Waals surface area contributed by atoms with Crippen molar-refractivity contribution < 1.29 is 0 Å². The molecule has 0 amide bonds. The number of rotatable bonds is 3. The summed E-state index contributed by atoms with van der Waals surface area (Å²) in [6.07, 6.45) is 5.20. The molecular weight excluding hydrogens is 368 g/mol. The molecule has 0 N–H and O–H groups in total. The van der Waals surface area contributed by atoms with Crippen molar-refractivity contribution in [3.63, 3.8) is 0 Å². The summed E-state index contributed by atoms with van der Waals surface area (Å²) in [5.74, 6) is 4.16. The first kappa shape index (κ1) is 17.5. The summed E-state index contributed by atoms with van der Waals surface area (Å²) in [5.41, 5.74) is 2.12. The minimum atomic E-state index is 0.640. The number of fused-ring (bicyclic) bond motifs is 1. The van der Waals surface area contributed by atoms with E-state index in [0.717, 1.165) is 60.7 Å². The van der Waals surface area contributed by atoms with Gasteiger partial charge in [-0.2, -0.15) is 19.7 Å². The molecule has 148 valence electrons. The molecular formula is C19H22N10. The van der Waals surface area contributed by atoms with Gasteiger partial charge in [-0.1, -0.05) is 0 Å². The van der Waals surface area contributed by atoms with E-state index in [2.05, 4.69) is 46.9 Å². The Morgan fingerprint density at radius 2 is 1.62 bits per heavy atom. The summed E-state index contributed by atoms with van der Waals surface area (Å²) in [6, 6.07) is 3.88. The molecule has 1 fully saturated rings. The fourth-order valence-corrected chi connectivity index (χ4v) is 3.75. The van der Waals surface area contributed by atoms with Crippen molar-refractivity contribution in [1.29, 1.82) is 0 Å². The molecule has 29 heavy (non-hydrogen) atoms. The van der Waals surface area contributed by atoms with Crippen LogP contribution < -0.4 is 9.80 Å². The molecule has 0 unspecified atom stereocenters. The highest BCUT2D eigenvalue weighted by Crippen LogP contribution is 2.25. The van der Waals surface area contributed by atoms with Gasteiger partial charge >= 0.3 is 0 Å². The monoisotopic (exact) mass is 390 g/mol. The number of aryl methyl sites for hydroxylation is 2. The maximum absolute atomic E-state index is 4.66. The Bertz CT molecular complexity index is 1160. The van der Waals surface area contributed by atoms with Gasteiger partial charge in [0.25, 0.3) is 5.78 Å². The molecule has 4 aromatic heterocycles. The second kappa shape index (κ2) is 6.80. The van der Waals surface area contributed by atoms with Crippen molar-refractivity contribution in [2.24, 2.45) is 0 Å². The highest BCUT2D eigenvalue weighted by Gasteiger charge is 2.24. The lowest BCUT2D eigenvalue weighted by atomic mass is 10.2. The second-order valence-corrected chi connectivity index (χ2v) is 7.17. The van der Waals surface area contributed by atoms with Crippen molar-refractivity contribution in [2.75, 3.05) is 36.0 Å². The average Bonchev–Trinajstić information content (AvgIpc) is 3.41. The lowest BCUT2D eigenvalue weighted by Gasteiger charge is -2.37. The maximum atomic E-state index is 4.66. The summed E-state index contributed by atoms with van der Waals surface area (Å²) in [5, 5.41) is 8.67. The van der Waals surface area contributed by atoms with Gasteiger partial charge < -0.3 is 9.80 Å². The van der Waals surface area contributed by atoms with E-state index in [-0.39, 0.29) is 0 Å². The Morgan fingerprint density at radius 1 is 0.862 bits per heavy atom. The maximum Gasteiger partial charge on any atom is 0.254 e. The van der Waals surface area contributed by atoms with Gasteiger partial charge in [0.1, 0.15) is 23.8 Å². The van der Waals surface area contributed by atoms with Crippen LogP contribution in [0.25, 0.3) is 11.6 Å². The summed E-state index contributed by atoms with van der Waals surface area (Å²) >= 11 is 0. The Morgan fingerprint density at radius 3 is 2.38 bits per heavy atom. The largest absolute Gasteiger partial charge is 0.353 e. The molecule has 0 saturated carbocycles. The zero-order chi connectivity index (χ0) is 20.0. The number of anilines is 2. The van der Waals surface area contributed by atoms with Crippen molar-refractivity contribution in [3.8, 4) is 5.82 Å². The molecule has 0 aliphatic carbocycles. The third kappa shape index (κ3) is 3.06. The first-order valence-corrected chi connectivity index (χ1v) is 9.63. The minimum Gasteiger partial charge on any atom is -0.353 e. The number of hydrogen-bond donors (Lipinski definition) is 0. The SMILES string of the molecule is Cc1nc(N2CCN(c3c(C)c(C)nc4ncnn34)CC2)cc(-n2cccn2)n1. The van der Waals surface area contributed by atoms with E-state index in [0.29, 0.717) is 5.78 Å². The van der Waals surface area contributed by atoms with Crippen LogP contribution >= 0.6 is 0 Å². The second-order valence-electron chi connectivity index (χ2n) is 7.17. The van der Waals surface area contributed by atoms with Gasteiger partial charge in [0.05, 0.1) is 0 Å². The van der Waals surface area contributed by atoms with Crippen molar-refractivity contribution in [2.45, 2.75) is 20.8 Å². The van der Waals surface area contributed by atoms with Crippen molar-refractivity contribution >= 4 is 17.4 Å². The lowest BCUT2D eigenvalue weighted by molar-refractivity contribution is 0.629. The molecule has 10 heteroatoms. The third-order valence-corrected chi connectivity index (χ3v) is 5.33. The van der Waals surface area contributed by atoms with Crippen LogP contribution in [0.15, 0.2) is 30.9 Å². The van der Waals surface area contributed by atoms with E-state index in [4.69, 9.17) is 0 Å². The van der Waals surface area contributed by atoms with E-state index in [1.54, 1.807) is 17.2 Å². The van der Waals surface area contributed by atoms with E-state index >= 15 is 0 Å². The lowest BCUT2D eigenvalue weighted by Crippen LogP contribution is -2.47. The Hall–Kier alpha value is -3.56. The summed E-state index contributed by atoms with van der Waals surface area (Å²) in [4.78, 5) is 22.6. The number of aromatic nitrogens is 8. The van der Waals surface area contributed by atoms with Crippen LogP contribution in [0.3, 0.4) is 0 Å². The standard InChI is InChI=1S/C19H22N10/c1-13-14(2)23-19-20-12-22-29(19)18(13)27-9-7-26(8-10-27)16-11-17(25-15(3)24-16)28-6-4-5-21-28/h4-6,11-12H,7-10H2,1-3H3. The van der Waals surface area contributed by atoms with Crippen LogP contribution in [0.5, 0.6) is 0 Å². The highest BCUT2D eigenvalue weighted by atomic mass is 15.4. The number of piperazine rings is 1.